The van der Waals surface area contributed by atoms with Gasteiger partial charge in [0.05, 0.1) is 12.0 Å². The first kappa shape index (κ1) is 9.34. The molecule has 13 heavy (non-hydrogen) atoms. The standard InChI is InChI=1S/C9H14O3S/c10-8-6-1-5(9(11)12)2-7(8)4-13-3-6/h5-8,10H,1-4H2,(H,11,12). The second-order valence-electron chi connectivity index (χ2n) is 4.05. The minimum Gasteiger partial charge on any atom is -0.481 e. The first-order valence-corrected chi connectivity index (χ1v) is 5.82. The van der Waals surface area contributed by atoms with Gasteiger partial charge < -0.3 is 10.2 Å². The Balaban J connectivity index is 2.07. The third-order valence-corrected chi connectivity index (χ3v) is 4.48. The molecule has 0 aromatic carbocycles. The van der Waals surface area contributed by atoms with Gasteiger partial charge in [0.15, 0.2) is 0 Å². The number of carboxylic acids is 1. The van der Waals surface area contributed by atoms with Gasteiger partial charge in [-0.25, -0.2) is 0 Å². The largest absolute Gasteiger partial charge is 0.481 e. The maximum absolute atomic E-state index is 10.8. The number of fused-ring (bicyclic) bond motifs is 2. The van der Waals surface area contributed by atoms with E-state index in [4.69, 9.17) is 5.11 Å². The first-order chi connectivity index (χ1) is 6.18. The lowest BCUT2D eigenvalue weighted by Gasteiger charge is -2.41. The lowest BCUT2D eigenvalue weighted by molar-refractivity contribution is -0.145. The predicted molar refractivity (Wildman–Crippen MR) is 50.7 cm³/mol. The number of rotatable bonds is 1. The lowest BCUT2D eigenvalue weighted by Crippen LogP contribution is -2.44. The Hall–Kier alpha value is -0.220. The normalized spacial score (nSPS) is 44.4. The molecule has 1 aliphatic heterocycles. The molecule has 0 aromatic heterocycles. The summed E-state index contributed by atoms with van der Waals surface area (Å²) in [6, 6.07) is 0. The second kappa shape index (κ2) is 3.50. The Kier molecular flexibility index (Phi) is 2.51. The molecule has 2 bridgehead atoms. The Bertz CT molecular complexity index is 205. The zero-order valence-corrected chi connectivity index (χ0v) is 8.17. The molecule has 2 atom stereocenters. The molecule has 1 saturated carbocycles. The van der Waals surface area contributed by atoms with E-state index >= 15 is 0 Å². The van der Waals surface area contributed by atoms with Crippen molar-refractivity contribution in [3.05, 3.63) is 0 Å². The fraction of sp³-hybridized carbons (Fsp3) is 0.889. The molecule has 4 heteroatoms. The van der Waals surface area contributed by atoms with Crippen LogP contribution in [-0.2, 0) is 4.79 Å². The SMILES string of the molecule is O=C(O)C1CC2CSCC(C1)C2O. The van der Waals surface area contributed by atoms with E-state index in [1.54, 1.807) is 0 Å². The highest BCUT2D eigenvalue weighted by atomic mass is 32.2. The predicted octanol–water partition coefficient (Wildman–Crippen LogP) is 0.821. The number of carboxylic acid groups (broad SMARTS) is 1. The Morgan fingerprint density at radius 2 is 1.77 bits per heavy atom. The maximum atomic E-state index is 10.8. The number of hydrogen-bond donors (Lipinski definition) is 2. The van der Waals surface area contributed by atoms with Gasteiger partial charge in [-0.05, 0) is 36.2 Å². The van der Waals surface area contributed by atoms with Crippen LogP contribution in [0.3, 0.4) is 0 Å². The molecule has 0 spiro atoms. The van der Waals surface area contributed by atoms with Crippen LogP contribution in [-0.4, -0.2) is 33.8 Å². The molecule has 2 rings (SSSR count). The van der Waals surface area contributed by atoms with Gasteiger partial charge in [0.1, 0.15) is 0 Å². The van der Waals surface area contributed by atoms with Crippen molar-refractivity contribution in [2.24, 2.45) is 17.8 Å². The number of carbonyl (C=O) groups is 1. The topological polar surface area (TPSA) is 57.5 Å². The Labute approximate surface area is 81.5 Å². The summed E-state index contributed by atoms with van der Waals surface area (Å²) in [6.07, 6.45) is 1.09. The van der Waals surface area contributed by atoms with E-state index in [1.165, 1.54) is 0 Å². The summed E-state index contributed by atoms with van der Waals surface area (Å²) < 4.78 is 0. The molecule has 0 amide bonds. The molecule has 74 valence electrons. The van der Waals surface area contributed by atoms with Crippen molar-refractivity contribution in [3.63, 3.8) is 0 Å². The van der Waals surface area contributed by atoms with E-state index in [2.05, 4.69) is 0 Å². The highest BCUT2D eigenvalue weighted by Crippen LogP contribution is 2.41. The van der Waals surface area contributed by atoms with Crippen LogP contribution in [0.2, 0.25) is 0 Å². The second-order valence-corrected chi connectivity index (χ2v) is 5.13. The fourth-order valence-corrected chi connectivity index (χ4v) is 3.80. The van der Waals surface area contributed by atoms with Crippen LogP contribution in [0, 0.1) is 17.8 Å². The van der Waals surface area contributed by atoms with Gasteiger partial charge in [0.2, 0.25) is 0 Å². The Morgan fingerprint density at radius 1 is 1.23 bits per heavy atom. The fourth-order valence-electron chi connectivity index (χ4n) is 2.40. The van der Waals surface area contributed by atoms with Gasteiger partial charge in [-0.1, -0.05) is 0 Å². The monoisotopic (exact) mass is 202 g/mol. The highest BCUT2D eigenvalue weighted by molar-refractivity contribution is 7.99. The summed E-state index contributed by atoms with van der Waals surface area (Å²) in [7, 11) is 0. The van der Waals surface area contributed by atoms with Crippen LogP contribution in [0.4, 0.5) is 0 Å². The van der Waals surface area contributed by atoms with Gasteiger partial charge in [-0.15, -0.1) is 0 Å². The molecule has 0 radical (unpaired) electrons. The van der Waals surface area contributed by atoms with Crippen LogP contribution in [0.25, 0.3) is 0 Å². The van der Waals surface area contributed by atoms with Crippen LogP contribution < -0.4 is 0 Å². The van der Waals surface area contributed by atoms with Gasteiger partial charge in [0.25, 0.3) is 0 Å². The molecule has 1 heterocycles. The maximum Gasteiger partial charge on any atom is 0.306 e. The Morgan fingerprint density at radius 3 is 2.23 bits per heavy atom. The van der Waals surface area contributed by atoms with Gasteiger partial charge in [-0.3, -0.25) is 4.79 Å². The number of aliphatic hydroxyl groups is 1. The molecule has 1 aliphatic carbocycles. The zero-order valence-electron chi connectivity index (χ0n) is 7.35. The van der Waals surface area contributed by atoms with Gasteiger partial charge in [-0.2, -0.15) is 11.8 Å². The zero-order chi connectivity index (χ0) is 9.42. The molecule has 2 unspecified atom stereocenters. The molecule has 2 N–H and O–H groups in total. The van der Waals surface area contributed by atoms with Crippen molar-refractivity contribution in [2.75, 3.05) is 11.5 Å². The molecule has 2 fully saturated rings. The number of aliphatic carboxylic acids is 1. The minimum absolute atomic E-state index is 0.209. The van der Waals surface area contributed by atoms with Crippen LogP contribution in [0.15, 0.2) is 0 Å². The summed E-state index contributed by atoms with van der Waals surface area (Å²) in [4.78, 5) is 10.8. The molecule has 2 aliphatic rings. The van der Waals surface area contributed by atoms with E-state index in [9.17, 15) is 9.90 Å². The van der Waals surface area contributed by atoms with Crippen molar-refractivity contribution < 1.29 is 15.0 Å². The summed E-state index contributed by atoms with van der Waals surface area (Å²) in [5.41, 5.74) is 0. The number of hydrogen-bond acceptors (Lipinski definition) is 3. The quantitative estimate of drug-likeness (QED) is 0.661. The highest BCUT2D eigenvalue weighted by Gasteiger charge is 2.41. The summed E-state index contributed by atoms with van der Waals surface area (Å²) in [6.45, 7) is 0. The van der Waals surface area contributed by atoms with Gasteiger partial charge in [0, 0.05) is 0 Å². The van der Waals surface area contributed by atoms with Crippen molar-refractivity contribution >= 4 is 17.7 Å². The van der Waals surface area contributed by atoms with Crippen LogP contribution in [0.1, 0.15) is 12.8 Å². The van der Waals surface area contributed by atoms with E-state index in [1.807, 2.05) is 11.8 Å². The van der Waals surface area contributed by atoms with Crippen LogP contribution >= 0.6 is 11.8 Å². The van der Waals surface area contributed by atoms with E-state index in [-0.39, 0.29) is 23.9 Å². The molecule has 1 saturated heterocycles. The van der Waals surface area contributed by atoms with E-state index in [0.717, 1.165) is 11.5 Å². The molecule has 0 aromatic rings. The average Bonchev–Trinajstić information content (AvgIpc) is 2.02. The van der Waals surface area contributed by atoms with Crippen molar-refractivity contribution in [1.82, 2.24) is 0 Å². The lowest BCUT2D eigenvalue weighted by atomic mass is 9.74. The van der Waals surface area contributed by atoms with E-state index in [0.29, 0.717) is 12.8 Å². The number of aliphatic hydroxyl groups excluding tert-OH is 1. The molecule has 3 nitrogen and oxygen atoms in total. The number of thioether (sulfide) groups is 1. The van der Waals surface area contributed by atoms with Crippen molar-refractivity contribution in [2.45, 2.75) is 18.9 Å². The third-order valence-electron chi connectivity index (χ3n) is 3.15. The molecular formula is C9H14O3S. The summed E-state index contributed by atoms with van der Waals surface area (Å²) in [5.74, 6) is 1.41. The first-order valence-electron chi connectivity index (χ1n) is 4.67. The molecular weight excluding hydrogens is 188 g/mol. The summed E-state index contributed by atoms with van der Waals surface area (Å²) >= 11 is 1.85. The summed E-state index contributed by atoms with van der Waals surface area (Å²) in [5, 5.41) is 18.7. The minimum atomic E-state index is -0.686. The third kappa shape index (κ3) is 1.70. The van der Waals surface area contributed by atoms with Crippen molar-refractivity contribution in [1.29, 1.82) is 0 Å². The van der Waals surface area contributed by atoms with Gasteiger partial charge >= 0.3 is 5.97 Å². The smallest absolute Gasteiger partial charge is 0.306 e. The van der Waals surface area contributed by atoms with Crippen LogP contribution in [0.5, 0.6) is 0 Å². The average molecular weight is 202 g/mol. The van der Waals surface area contributed by atoms with E-state index < -0.39 is 5.97 Å². The van der Waals surface area contributed by atoms with Crippen molar-refractivity contribution in [3.8, 4) is 0 Å².